The normalized spacial score (nSPS) is 11.3. The summed E-state index contributed by atoms with van der Waals surface area (Å²) in [5, 5.41) is 11.6. The molecule has 0 saturated carbocycles. The first-order chi connectivity index (χ1) is 11.7. The molecule has 0 atom stereocenters. The van der Waals surface area contributed by atoms with Crippen LogP contribution in [-0.2, 0) is 10.0 Å². The Morgan fingerprint density at radius 3 is 2.40 bits per heavy atom. The molecule has 0 amide bonds. The molecule has 8 heteroatoms. The van der Waals surface area contributed by atoms with Crippen molar-refractivity contribution in [2.24, 2.45) is 0 Å². The first kappa shape index (κ1) is 18.7. The number of benzene rings is 1. The maximum atomic E-state index is 12.9. The molecule has 0 spiro atoms. The van der Waals surface area contributed by atoms with Gasteiger partial charge in [0.05, 0.1) is 12.2 Å². The molecular weight excluding hydrogens is 344 g/mol. The summed E-state index contributed by atoms with van der Waals surface area (Å²) in [4.78, 5) is 10.8. The number of nitro groups is 1. The van der Waals surface area contributed by atoms with Crippen LogP contribution in [0.5, 0.6) is 5.75 Å². The minimum atomic E-state index is -4.14. The van der Waals surface area contributed by atoms with E-state index in [2.05, 4.69) is 6.58 Å². The first-order valence-corrected chi connectivity index (χ1v) is 9.14. The summed E-state index contributed by atoms with van der Waals surface area (Å²) in [5.41, 5.74) is 1.67. The van der Waals surface area contributed by atoms with E-state index in [0.717, 1.165) is 5.56 Å². The molecule has 1 aromatic carbocycles. The molecule has 0 bridgehead atoms. The van der Waals surface area contributed by atoms with E-state index in [0.29, 0.717) is 21.5 Å². The fourth-order valence-corrected chi connectivity index (χ4v) is 3.61. The summed E-state index contributed by atoms with van der Waals surface area (Å²) in [6, 6.07) is 6.11. The number of allylic oxidation sites excluding steroid dienone is 1. The predicted molar refractivity (Wildman–Crippen MR) is 95.3 cm³/mol. The van der Waals surface area contributed by atoms with Gasteiger partial charge in [0.15, 0.2) is 0 Å². The molecule has 0 aliphatic rings. The maximum Gasteiger partial charge on any atom is 0.381 e. The third-order valence-corrected chi connectivity index (χ3v) is 5.23. The Kier molecular flexibility index (Phi) is 5.32. The van der Waals surface area contributed by atoms with Gasteiger partial charge < -0.3 is 14.9 Å². The van der Waals surface area contributed by atoms with Crippen LogP contribution in [0.3, 0.4) is 0 Å². The van der Waals surface area contributed by atoms with Crippen LogP contribution in [0.25, 0.3) is 5.57 Å². The number of aromatic nitrogens is 1. The van der Waals surface area contributed by atoms with E-state index in [-0.39, 0.29) is 17.3 Å². The van der Waals surface area contributed by atoms with E-state index < -0.39 is 20.8 Å². The Morgan fingerprint density at radius 1 is 1.32 bits per heavy atom. The van der Waals surface area contributed by atoms with E-state index in [4.69, 9.17) is 4.74 Å². The molecule has 1 aromatic heterocycles. The quantitative estimate of drug-likeness (QED) is 0.551. The summed E-state index contributed by atoms with van der Waals surface area (Å²) in [7, 11) is -4.14. The minimum Gasteiger partial charge on any atom is -0.485 e. The van der Waals surface area contributed by atoms with Crippen molar-refractivity contribution < 1.29 is 18.1 Å². The number of hydrogen-bond donors (Lipinski definition) is 0. The Morgan fingerprint density at radius 2 is 1.92 bits per heavy atom. The molecule has 0 aliphatic heterocycles. The lowest BCUT2D eigenvalue weighted by molar-refractivity contribution is -0.391. The summed E-state index contributed by atoms with van der Waals surface area (Å²) in [6.45, 7) is 9.31. The maximum absolute atomic E-state index is 12.9. The van der Waals surface area contributed by atoms with Gasteiger partial charge in [0, 0.05) is 0 Å². The highest BCUT2D eigenvalue weighted by atomic mass is 32.2. The lowest BCUT2D eigenvalue weighted by Crippen LogP contribution is -2.14. The fourth-order valence-electron chi connectivity index (χ4n) is 2.28. The van der Waals surface area contributed by atoms with Crippen LogP contribution in [0, 0.1) is 17.0 Å². The van der Waals surface area contributed by atoms with Gasteiger partial charge in [-0.3, -0.25) is 0 Å². The third kappa shape index (κ3) is 3.58. The van der Waals surface area contributed by atoms with Crippen molar-refractivity contribution in [3.63, 3.8) is 0 Å². The van der Waals surface area contributed by atoms with Crippen LogP contribution in [0.15, 0.2) is 41.9 Å². The topological polar surface area (TPSA) is 91.4 Å². The van der Waals surface area contributed by atoms with Gasteiger partial charge in [0.2, 0.25) is 5.75 Å². The van der Waals surface area contributed by atoms with Gasteiger partial charge in [-0.05, 0) is 42.9 Å². The van der Waals surface area contributed by atoms with Crippen LogP contribution in [0.4, 0.5) is 5.82 Å². The highest BCUT2D eigenvalue weighted by molar-refractivity contribution is 7.90. The molecule has 2 rings (SSSR count). The van der Waals surface area contributed by atoms with Gasteiger partial charge in [-0.1, -0.05) is 31.2 Å². The molecular formula is C17H20N2O5S. The first-order valence-electron chi connectivity index (χ1n) is 7.70. The predicted octanol–water partition coefficient (Wildman–Crippen LogP) is 3.76. The van der Waals surface area contributed by atoms with Crippen LogP contribution < -0.4 is 4.74 Å². The standard InChI is InChI=1S/C17H20N2O5S/c1-5-10-24-16-15(12(2)3)11-18(17(16)19(20)21)25(22,23)14-8-6-13(4)7-9-14/h6-9,11H,2,5,10H2,1,3-4H3. The van der Waals surface area contributed by atoms with E-state index in [1.54, 1.807) is 19.1 Å². The molecule has 1 heterocycles. The minimum absolute atomic E-state index is 0.0356. The largest absolute Gasteiger partial charge is 0.485 e. The summed E-state index contributed by atoms with van der Waals surface area (Å²) in [6.07, 6.45) is 1.82. The average Bonchev–Trinajstić information content (AvgIpc) is 2.94. The second kappa shape index (κ2) is 7.10. The number of hydrogen-bond acceptors (Lipinski definition) is 5. The highest BCUT2D eigenvalue weighted by Crippen LogP contribution is 2.39. The zero-order chi connectivity index (χ0) is 18.8. The molecule has 2 aromatic rings. The molecule has 0 radical (unpaired) electrons. The molecule has 134 valence electrons. The molecule has 0 N–H and O–H groups in total. The SMILES string of the molecule is C=C(C)c1cn(S(=O)(=O)c2ccc(C)cc2)c([N+](=O)[O-])c1OCCC. The third-order valence-electron chi connectivity index (χ3n) is 3.56. The summed E-state index contributed by atoms with van der Waals surface area (Å²) >= 11 is 0. The van der Waals surface area contributed by atoms with E-state index in [1.807, 2.05) is 13.8 Å². The van der Waals surface area contributed by atoms with Crippen molar-refractivity contribution in [3.05, 3.63) is 58.3 Å². The zero-order valence-electron chi connectivity index (χ0n) is 14.4. The monoisotopic (exact) mass is 364 g/mol. The van der Waals surface area contributed by atoms with Crippen molar-refractivity contribution in [1.29, 1.82) is 0 Å². The van der Waals surface area contributed by atoms with Gasteiger partial charge >= 0.3 is 15.8 Å². The summed E-state index contributed by atoms with van der Waals surface area (Å²) < 4.78 is 32.0. The van der Waals surface area contributed by atoms with E-state index in [9.17, 15) is 18.5 Å². The molecule has 0 saturated heterocycles. The molecule has 25 heavy (non-hydrogen) atoms. The second-order valence-corrected chi connectivity index (χ2v) is 7.51. The summed E-state index contributed by atoms with van der Waals surface area (Å²) in [5.74, 6) is -0.693. The highest BCUT2D eigenvalue weighted by Gasteiger charge is 2.35. The van der Waals surface area contributed by atoms with Gasteiger partial charge in [-0.15, -0.1) is 3.97 Å². The van der Waals surface area contributed by atoms with E-state index >= 15 is 0 Å². The molecule has 0 fully saturated rings. The average molecular weight is 364 g/mol. The van der Waals surface area contributed by atoms with Crippen molar-refractivity contribution >= 4 is 21.4 Å². The van der Waals surface area contributed by atoms with Crippen molar-refractivity contribution in [2.45, 2.75) is 32.1 Å². The second-order valence-electron chi connectivity index (χ2n) is 5.70. The number of aryl methyl sites for hydroxylation is 1. The van der Waals surface area contributed by atoms with Crippen LogP contribution in [0.2, 0.25) is 0 Å². The van der Waals surface area contributed by atoms with Gasteiger partial charge in [-0.25, -0.2) is 0 Å². The number of ether oxygens (including phenoxy) is 1. The van der Waals surface area contributed by atoms with Crippen LogP contribution in [-0.4, -0.2) is 23.9 Å². The Hall–Kier alpha value is -2.61. The van der Waals surface area contributed by atoms with E-state index in [1.165, 1.54) is 18.3 Å². The molecule has 7 nitrogen and oxygen atoms in total. The zero-order valence-corrected chi connectivity index (χ0v) is 15.2. The van der Waals surface area contributed by atoms with Crippen molar-refractivity contribution in [2.75, 3.05) is 6.61 Å². The van der Waals surface area contributed by atoms with Crippen LogP contribution in [0.1, 0.15) is 31.4 Å². The lowest BCUT2D eigenvalue weighted by Gasteiger charge is -2.07. The van der Waals surface area contributed by atoms with Crippen molar-refractivity contribution in [3.8, 4) is 5.75 Å². The Labute approximate surface area is 146 Å². The van der Waals surface area contributed by atoms with Gasteiger partial charge in [-0.2, -0.15) is 8.42 Å². The molecule has 0 aliphatic carbocycles. The van der Waals surface area contributed by atoms with Gasteiger partial charge in [0.25, 0.3) is 0 Å². The van der Waals surface area contributed by atoms with Crippen molar-refractivity contribution in [1.82, 2.24) is 3.97 Å². The smallest absolute Gasteiger partial charge is 0.381 e. The van der Waals surface area contributed by atoms with Crippen LogP contribution >= 0.6 is 0 Å². The number of nitrogens with zero attached hydrogens (tertiary/aromatic N) is 2. The Bertz CT molecular complexity index is 911. The number of rotatable bonds is 7. The fraction of sp³-hybridized carbons (Fsp3) is 0.294. The van der Waals surface area contributed by atoms with Gasteiger partial charge in [0.1, 0.15) is 11.1 Å². The lowest BCUT2D eigenvalue weighted by atomic mass is 10.2. The molecule has 0 unspecified atom stereocenters. The Balaban J connectivity index is 2.73.